The van der Waals surface area contributed by atoms with Gasteiger partial charge in [-0.3, -0.25) is 4.68 Å². The van der Waals surface area contributed by atoms with E-state index in [4.69, 9.17) is 17.4 Å². The summed E-state index contributed by atoms with van der Waals surface area (Å²) in [6.07, 6.45) is 1.17. The van der Waals surface area contributed by atoms with Gasteiger partial charge in [0.2, 0.25) is 0 Å². The molecule has 0 atom stereocenters. The summed E-state index contributed by atoms with van der Waals surface area (Å²) in [6.45, 7) is 7.64. The topological polar surface area (TPSA) is 49.2 Å². The first-order chi connectivity index (χ1) is 9.68. The lowest BCUT2D eigenvalue weighted by molar-refractivity contribution is -0.140. The standard InChI is InChI=1S/C14H19BFN3O2/c1-13(2,14(3,4)21-15)20-8-11-10-6-9(16)7-17-12(10)19(5)18-11/h6-7H,8H2,1-5H3. The van der Waals surface area contributed by atoms with Crippen LogP contribution in [-0.2, 0) is 23.0 Å². The maximum absolute atomic E-state index is 13.4. The molecule has 0 aromatic carbocycles. The zero-order valence-corrected chi connectivity index (χ0v) is 13.0. The van der Waals surface area contributed by atoms with E-state index < -0.39 is 17.0 Å². The number of aryl methyl sites for hydroxylation is 1. The van der Waals surface area contributed by atoms with Gasteiger partial charge < -0.3 is 9.39 Å². The van der Waals surface area contributed by atoms with Gasteiger partial charge >= 0.3 is 0 Å². The Morgan fingerprint density at radius 1 is 1.29 bits per heavy atom. The van der Waals surface area contributed by atoms with Gasteiger partial charge in [0.1, 0.15) is 5.82 Å². The van der Waals surface area contributed by atoms with Gasteiger partial charge in [0.05, 0.1) is 29.7 Å². The quantitative estimate of drug-likeness (QED) is 0.793. The first-order valence-corrected chi connectivity index (χ1v) is 6.67. The van der Waals surface area contributed by atoms with Crippen molar-refractivity contribution >= 4 is 19.1 Å². The maximum atomic E-state index is 13.4. The molecule has 0 spiro atoms. The van der Waals surface area contributed by atoms with Gasteiger partial charge in [0.25, 0.3) is 8.05 Å². The van der Waals surface area contributed by atoms with Crippen LogP contribution in [0.15, 0.2) is 12.3 Å². The molecule has 21 heavy (non-hydrogen) atoms. The largest absolute Gasteiger partial charge is 0.440 e. The van der Waals surface area contributed by atoms with Gasteiger partial charge in [0.15, 0.2) is 5.65 Å². The lowest BCUT2D eigenvalue weighted by Gasteiger charge is -2.40. The minimum Gasteiger partial charge on any atom is -0.440 e. The Bertz CT molecular complexity index is 655. The van der Waals surface area contributed by atoms with Crippen molar-refractivity contribution < 1.29 is 13.8 Å². The second kappa shape index (κ2) is 5.38. The Morgan fingerprint density at radius 3 is 2.57 bits per heavy atom. The molecule has 0 saturated heterocycles. The van der Waals surface area contributed by atoms with Crippen LogP contribution in [0.25, 0.3) is 11.0 Å². The number of ether oxygens (including phenoxy) is 1. The summed E-state index contributed by atoms with van der Waals surface area (Å²) < 4.78 is 25.9. The molecule has 0 fully saturated rings. The number of hydrogen-bond donors (Lipinski definition) is 0. The number of rotatable bonds is 5. The monoisotopic (exact) mass is 291 g/mol. The summed E-state index contributed by atoms with van der Waals surface area (Å²) in [6, 6.07) is 1.41. The van der Waals surface area contributed by atoms with E-state index >= 15 is 0 Å². The van der Waals surface area contributed by atoms with Crippen LogP contribution in [0.2, 0.25) is 0 Å². The lowest BCUT2D eigenvalue weighted by atomic mass is 9.88. The number of pyridine rings is 1. The van der Waals surface area contributed by atoms with E-state index in [9.17, 15) is 4.39 Å². The zero-order chi connectivity index (χ0) is 15.8. The van der Waals surface area contributed by atoms with Crippen LogP contribution < -0.4 is 0 Å². The molecule has 0 aliphatic heterocycles. The van der Waals surface area contributed by atoms with Gasteiger partial charge in [-0.2, -0.15) is 5.10 Å². The molecule has 0 saturated carbocycles. The molecule has 2 aromatic rings. The van der Waals surface area contributed by atoms with E-state index in [1.807, 2.05) is 27.7 Å². The summed E-state index contributed by atoms with van der Waals surface area (Å²) >= 11 is 0. The number of aromatic nitrogens is 3. The van der Waals surface area contributed by atoms with Gasteiger partial charge in [-0.15, -0.1) is 0 Å². The summed E-state index contributed by atoms with van der Waals surface area (Å²) in [5, 5.41) is 4.97. The Kier molecular flexibility index (Phi) is 4.08. The average Bonchev–Trinajstić information content (AvgIpc) is 2.72. The third kappa shape index (κ3) is 2.94. The van der Waals surface area contributed by atoms with Crippen LogP contribution >= 0.6 is 0 Å². The highest BCUT2D eigenvalue weighted by molar-refractivity contribution is 5.98. The zero-order valence-electron chi connectivity index (χ0n) is 13.0. The van der Waals surface area contributed by atoms with Crippen molar-refractivity contribution in [3.63, 3.8) is 0 Å². The summed E-state index contributed by atoms with van der Waals surface area (Å²) in [5.74, 6) is -0.401. The van der Waals surface area contributed by atoms with E-state index in [2.05, 4.69) is 10.1 Å². The average molecular weight is 291 g/mol. The number of fused-ring (bicyclic) bond motifs is 1. The molecule has 2 rings (SSSR count). The second-order valence-electron chi connectivity index (χ2n) is 6.02. The Labute approximate surface area is 124 Å². The van der Waals surface area contributed by atoms with E-state index in [0.29, 0.717) is 16.7 Å². The predicted molar refractivity (Wildman–Crippen MR) is 78.3 cm³/mol. The fourth-order valence-electron chi connectivity index (χ4n) is 1.86. The minimum atomic E-state index is -0.679. The Hall–Kier alpha value is -1.47. The lowest BCUT2D eigenvalue weighted by Crippen LogP contribution is -2.48. The van der Waals surface area contributed by atoms with E-state index in [-0.39, 0.29) is 6.61 Å². The molecule has 2 radical (unpaired) electrons. The predicted octanol–water partition coefficient (Wildman–Crippen LogP) is 2.28. The fraction of sp³-hybridized carbons (Fsp3) is 0.571. The molecule has 0 aliphatic rings. The first-order valence-electron chi connectivity index (χ1n) is 6.67. The van der Waals surface area contributed by atoms with E-state index in [1.54, 1.807) is 11.7 Å². The van der Waals surface area contributed by atoms with Crippen LogP contribution in [0, 0.1) is 5.82 Å². The van der Waals surface area contributed by atoms with Crippen LogP contribution in [0.1, 0.15) is 33.4 Å². The highest BCUT2D eigenvalue weighted by atomic mass is 19.1. The SMILES string of the molecule is [B]OC(C)(C)C(C)(C)OCc1nn(C)c2ncc(F)cc12. The van der Waals surface area contributed by atoms with Crippen molar-refractivity contribution in [1.29, 1.82) is 0 Å². The van der Waals surface area contributed by atoms with Gasteiger partial charge in [-0.1, -0.05) is 0 Å². The molecule has 112 valence electrons. The molecular weight excluding hydrogens is 272 g/mol. The molecule has 0 aliphatic carbocycles. The van der Waals surface area contributed by atoms with Crippen molar-refractivity contribution in [2.45, 2.75) is 45.5 Å². The molecule has 2 heterocycles. The normalized spacial score (nSPS) is 13.0. The Balaban J connectivity index is 2.27. The maximum Gasteiger partial charge on any atom is 0.283 e. The molecule has 2 aromatic heterocycles. The third-order valence-corrected chi connectivity index (χ3v) is 4.04. The molecule has 7 heteroatoms. The van der Waals surface area contributed by atoms with Crippen molar-refractivity contribution in [1.82, 2.24) is 14.8 Å². The van der Waals surface area contributed by atoms with Gasteiger partial charge in [-0.25, -0.2) is 9.37 Å². The van der Waals surface area contributed by atoms with Crippen LogP contribution in [-0.4, -0.2) is 34.0 Å². The summed E-state index contributed by atoms with van der Waals surface area (Å²) in [4.78, 5) is 4.04. The molecule has 0 N–H and O–H groups in total. The first kappa shape index (κ1) is 15.9. The molecule has 0 amide bonds. The van der Waals surface area contributed by atoms with Crippen LogP contribution in [0.4, 0.5) is 4.39 Å². The third-order valence-electron chi connectivity index (χ3n) is 4.04. The summed E-state index contributed by atoms with van der Waals surface area (Å²) in [5.41, 5.74) is -0.0875. The Morgan fingerprint density at radius 2 is 1.95 bits per heavy atom. The molecule has 5 nitrogen and oxygen atoms in total. The van der Waals surface area contributed by atoms with Crippen molar-refractivity contribution in [3.05, 3.63) is 23.8 Å². The van der Waals surface area contributed by atoms with Crippen molar-refractivity contribution in [2.75, 3.05) is 0 Å². The van der Waals surface area contributed by atoms with E-state index in [0.717, 1.165) is 0 Å². The van der Waals surface area contributed by atoms with Crippen LogP contribution in [0.3, 0.4) is 0 Å². The number of halogens is 1. The smallest absolute Gasteiger partial charge is 0.283 e. The number of hydrogen-bond acceptors (Lipinski definition) is 4. The van der Waals surface area contributed by atoms with Gasteiger partial charge in [-0.05, 0) is 33.8 Å². The van der Waals surface area contributed by atoms with Gasteiger partial charge in [0, 0.05) is 12.4 Å². The van der Waals surface area contributed by atoms with E-state index in [1.165, 1.54) is 12.3 Å². The van der Waals surface area contributed by atoms with Crippen molar-refractivity contribution in [3.8, 4) is 0 Å². The second-order valence-corrected chi connectivity index (χ2v) is 6.02. The summed E-state index contributed by atoms with van der Waals surface area (Å²) in [7, 11) is 7.08. The molecular formula is C14H19BFN3O2. The minimum absolute atomic E-state index is 0.211. The molecule has 0 bridgehead atoms. The number of nitrogens with zero attached hydrogens (tertiary/aromatic N) is 3. The highest BCUT2D eigenvalue weighted by Gasteiger charge is 2.37. The molecule has 0 unspecified atom stereocenters. The van der Waals surface area contributed by atoms with Crippen molar-refractivity contribution in [2.24, 2.45) is 7.05 Å². The van der Waals surface area contributed by atoms with Crippen LogP contribution in [0.5, 0.6) is 0 Å². The fourth-order valence-corrected chi connectivity index (χ4v) is 1.86. The highest BCUT2D eigenvalue weighted by Crippen LogP contribution is 2.30.